The van der Waals surface area contributed by atoms with Crippen molar-refractivity contribution in [1.82, 2.24) is 10.3 Å². The lowest BCUT2D eigenvalue weighted by Gasteiger charge is -2.12. The molecule has 0 atom stereocenters. The number of aromatic amines is 1. The van der Waals surface area contributed by atoms with E-state index in [0.29, 0.717) is 18.1 Å². The summed E-state index contributed by atoms with van der Waals surface area (Å²) in [4.78, 5) is 20.6. The SMILES string of the molecule is Cc1ccc(NC(=NCCc2c[nH]c3ccccc23)NC(=O)c2ccccc2)cc1. The maximum atomic E-state index is 12.6. The van der Waals surface area contributed by atoms with E-state index in [1.54, 1.807) is 12.1 Å². The predicted molar refractivity (Wildman–Crippen MR) is 123 cm³/mol. The summed E-state index contributed by atoms with van der Waals surface area (Å²) in [6, 6.07) is 25.3. The Labute approximate surface area is 175 Å². The zero-order chi connectivity index (χ0) is 20.8. The predicted octanol–water partition coefficient (Wildman–Crippen LogP) is 4.92. The molecule has 4 aromatic rings. The van der Waals surface area contributed by atoms with Crippen molar-refractivity contribution < 1.29 is 4.79 Å². The summed E-state index contributed by atoms with van der Waals surface area (Å²) in [6.07, 6.45) is 2.79. The maximum absolute atomic E-state index is 12.6. The normalized spacial score (nSPS) is 11.4. The van der Waals surface area contributed by atoms with Gasteiger partial charge in [-0.15, -0.1) is 0 Å². The topological polar surface area (TPSA) is 69.3 Å². The summed E-state index contributed by atoms with van der Waals surface area (Å²) in [5, 5.41) is 7.34. The smallest absolute Gasteiger partial charge is 0.257 e. The molecule has 0 fully saturated rings. The van der Waals surface area contributed by atoms with Gasteiger partial charge < -0.3 is 10.3 Å². The van der Waals surface area contributed by atoms with Gasteiger partial charge in [-0.25, -0.2) is 0 Å². The van der Waals surface area contributed by atoms with Crippen molar-refractivity contribution in [2.45, 2.75) is 13.3 Å². The highest BCUT2D eigenvalue weighted by Crippen LogP contribution is 2.18. The molecule has 0 spiro atoms. The number of carbonyl (C=O) groups is 1. The number of nitrogens with one attached hydrogen (secondary N) is 3. The van der Waals surface area contributed by atoms with Gasteiger partial charge in [0, 0.05) is 34.9 Å². The number of anilines is 1. The maximum Gasteiger partial charge on any atom is 0.257 e. The molecule has 0 unspecified atom stereocenters. The molecule has 0 aliphatic carbocycles. The fourth-order valence-corrected chi connectivity index (χ4v) is 3.28. The minimum absolute atomic E-state index is 0.193. The van der Waals surface area contributed by atoms with Crippen LogP contribution in [0.1, 0.15) is 21.5 Å². The minimum atomic E-state index is -0.193. The molecule has 150 valence electrons. The van der Waals surface area contributed by atoms with Crippen LogP contribution in [-0.2, 0) is 6.42 Å². The molecule has 5 nitrogen and oxygen atoms in total. The van der Waals surface area contributed by atoms with Crippen LogP contribution in [0, 0.1) is 6.92 Å². The fraction of sp³-hybridized carbons (Fsp3) is 0.120. The second kappa shape index (κ2) is 9.09. The van der Waals surface area contributed by atoms with Crippen molar-refractivity contribution in [3.05, 3.63) is 102 Å². The molecule has 1 amide bonds. The van der Waals surface area contributed by atoms with Crippen molar-refractivity contribution in [3.63, 3.8) is 0 Å². The molecular formula is C25H24N4O. The molecule has 3 N–H and O–H groups in total. The zero-order valence-electron chi connectivity index (χ0n) is 16.9. The third-order valence-electron chi connectivity index (χ3n) is 4.91. The number of rotatable bonds is 5. The number of benzene rings is 3. The Morgan fingerprint density at radius 1 is 0.933 bits per heavy atom. The van der Waals surface area contributed by atoms with E-state index in [-0.39, 0.29) is 5.91 Å². The van der Waals surface area contributed by atoms with Crippen molar-refractivity contribution in [3.8, 4) is 0 Å². The minimum Gasteiger partial charge on any atom is -0.361 e. The van der Waals surface area contributed by atoms with Crippen LogP contribution in [-0.4, -0.2) is 23.4 Å². The highest BCUT2D eigenvalue weighted by Gasteiger charge is 2.09. The lowest BCUT2D eigenvalue weighted by Crippen LogP contribution is -2.36. The van der Waals surface area contributed by atoms with Gasteiger partial charge in [0.2, 0.25) is 5.96 Å². The number of fused-ring (bicyclic) bond motifs is 1. The van der Waals surface area contributed by atoms with Crippen molar-refractivity contribution in [1.29, 1.82) is 0 Å². The van der Waals surface area contributed by atoms with Gasteiger partial charge in [0.25, 0.3) is 5.91 Å². The number of amides is 1. The van der Waals surface area contributed by atoms with Gasteiger partial charge in [-0.2, -0.15) is 0 Å². The van der Waals surface area contributed by atoms with Crippen molar-refractivity contribution in [2.24, 2.45) is 4.99 Å². The molecule has 5 heteroatoms. The first-order valence-electron chi connectivity index (χ1n) is 9.98. The molecule has 3 aromatic carbocycles. The molecule has 0 aliphatic rings. The third-order valence-corrected chi connectivity index (χ3v) is 4.91. The lowest BCUT2D eigenvalue weighted by atomic mass is 10.1. The highest BCUT2D eigenvalue weighted by molar-refractivity contribution is 6.09. The van der Waals surface area contributed by atoms with Crippen molar-refractivity contribution >= 4 is 28.5 Å². The average molecular weight is 396 g/mol. The Kier molecular flexibility index (Phi) is 5.90. The number of carbonyl (C=O) groups excluding carboxylic acids is 1. The van der Waals surface area contributed by atoms with Gasteiger partial charge >= 0.3 is 0 Å². The van der Waals surface area contributed by atoms with Crippen LogP contribution in [0.25, 0.3) is 10.9 Å². The van der Waals surface area contributed by atoms with E-state index in [9.17, 15) is 4.79 Å². The zero-order valence-corrected chi connectivity index (χ0v) is 16.9. The molecule has 4 rings (SSSR count). The van der Waals surface area contributed by atoms with Gasteiger partial charge in [0.15, 0.2) is 0 Å². The van der Waals surface area contributed by atoms with Crippen LogP contribution in [0.2, 0.25) is 0 Å². The summed E-state index contributed by atoms with van der Waals surface area (Å²) >= 11 is 0. The number of hydrogen-bond acceptors (Lipinski definition) is 2. The molecule has 0 saturated carbocycles. The molecule has 1 aromatic heterocycles. The quantitative estimate of drug-likeness (QED) is 0.331. The molecule has 0 saturated heterocycles. The first-order valence-corrected chi connectivity index (χ1v) is 9.98. The molecular weight excluding hydrogens is 372 g/mol. The number of hydrogen-bond donors (Lipinski definition) is 3. The highest BCUT2D eigenvalue weighted by atomic mass is 16.1. The Bertz CT molecular complexity index is 1160. The Balaban J connectivity index is 1.50. The van der Waals surface area contributed by atoms with E-state index in [4.69, 9.17) is 0 Å². The van der Waals surface area contributed by atoms with E-state index in [1.165, 1.54) is 16.5 Å². The van der Waals surface area contributed by atoms with E-state index < -0.39 is 0 Å². The number of aliphatic imine (C=N–C) groups is 1. The number of guanidine groups is 1. The first kappa shape index (κ1) is 19.5. The van der Waals surface area contributed by atoms with Gasteiger partial charge in [0.1, 0.15) is 0 Å². The standard InChI is InChI=1S/C25H24N4O/c1-18-11-13-21(14-12-18)28-25(29-24(30)19-7-3-2-4-8-19)26-16-15-20-17-27-23-10-6-5-9-22(20)23/h2-14,17,27H,15-16H2,1H3,(H2,26,28,29,30). The number of nitrogens with zero attached hydrogens (tertiary/aromatic N) is 1. The van der Waals surface area contributed by atoms with Gasteiger partial charge in [-0.05, 0) is 49.2 Å². The fourth-order valence-electron chi connectivity index (χ4n) is 3.28. The van der Waals surface area contributed by atoms with E-state index in [0.717, 1.165) is 17.6 Å². The molecule has 1 heterocycles. The second-order valence-electron chi connectivity index (χ2n) is 7.15. The van der Waals surface area contributed by atoms with Crippen LogP contribution in [0.5, 0.6) is 0 Å². The molecule has 0 radical (unpaired) electrons. The number of aryl methyl sites for hydroxylation is 1. The summed E-state index contributed by atoms with van der Waals surface area (Å²) in [6.45, 7) is 2.59. The number of aromatic nitrogens is 1. The van der Waals surface area contributed by atoms with Crippen LogP contribution in [0.4, 0.5) is 5.69 Å². The Morgan fingerprint density at radius 3 is 2.47 bits per heavy atom. The Hall–Kier alpha value is -3.86. The molecule has 30 heavy (non-hydrogen) atoms. The number of para-hydroxylation sites is 1. The first-order chi connectivity index (χ1) is 14.7. The second-order valence-corrected chi connectivity index (χ2v) is 7.15. The van der Waals surface area contributed by atoms with E-state index >= 15 is 0 Å². The summed E-state index contributed by atoms with van der Waals surface area (Å²) in [5.74, 6) is 0.244. The molecule has 0 bridgehead atoms. The third kappa shape index (κ3) is 4.75. The Morgan fingerprint density at radius 2 is 1.67 bits per heavy atom. The van der Waals surface area contributed by atoms with Crippen LogP contribution in [0.3, 0.4) is 0 Å². The van der Waals surface area contributed by atoms with E-state index in [1.807, 2.05) is 67.7 Å². The average Bonchev–Trinajstić information content (AvgIpc) is 3.19. The largest absolute Gasteiger partial charge is 0.361 e. The monoisotopic (exact) mass is 396 g/mol. The van der Waals surface area contributed by atoms with Gasteiger partial charge in [-0.1, -0.05) is 54.1 Å². The van der Waals surface area contributed by atoms with E-state index in [2.05, 4.69) is 32.7 Å². The van der Waals surface area contributed by atoms with Crippen LogP contribution in [0.15, 0.2) is 90.1 Å². The van der Waals surface area contributed by atoms with Gasteiger partial charge in [0.05, 0.1) is 0 Å². The number of H-pyrrole nitrogens is 1. The summed E-state index contributed by atoms with van der Waals surface area (Å²) in [7, 11) is 0. The van der Waals surface area contributed by atoms with Crippen molar-refractivity contribution in [2.75, 3.05) is 11.9 Å². The van der Waals surface area contributed by atoms with Gasteiger partial charge in [-0.3, -0.25) is 15.1 Å². The molecule has 0 aliphatic heterocycles. The lowest BCUT2D eigenvalue weighted by molar-refractivity contribution is 0.0977. The van der Waals surface area contributed by atoms with Crippen LogP contribution >= 0.6 is 0 Å². The summed E-state index contributed by atoms with van der Waals surface area (Å²) in [5.41, 5.74) is 4.96. The summed E-state index contributed by atoms with van der Waals surface area (Å²) < 4.78 is 0. The van der Waals surface area contributed by atoms with Crippen LogP contribution < -0.4 is 10.6 Å².